The molecule has 1 aliphatic carbocycles. The number of likely N-dealkylation sites (N-methyl/N-ethyl adjacent to an activating group) is 1. The van der Waals surface area contributed by atoms with Crippen molar-refractivity contribution in [2.45, 2.75) is 58.6 Å². The van der Waals surface area contributed by atoms with Crippen LogP contribution in [0.4, 0.5) is 0 Å². The number of hydrogen-bond acceptors (Lipinski definition) is 3. The summed E-state index contributed by atoms with van der Waals surface area (Å²) < 4.78 is 5.96. The van der Waals surface area contributed by atoms with Crippen LogP contribution in [0.25, 0.3) is 0 Å². The van der Waals surface area contributed by atoms with Crippen LogP contribution in [0.3, 0.4) is 0 Å². The lowest BCUT2D eigenvalue weighted by atomic mass is 9.63. The summed E-state index contributed by atoms with van der Waals surface area (Å²) in [6.45, 7) is 7.39. The highest BCUT2D eigenvalue weighted by Gasteiger charge is 2.51. The number of pyridine rings is 1. The molecule has 4 heteroatoms. The lowest BCUT2D eigenvalue weighted by Gasteiger charge is -2.55. The maximum atomic E-state index is 12.5. The lowest BCUT2D eigenvalue weighted by Crippen LogP contribution is -2.62. The quantitative estimate of drug-likeness (QED) is 0.727. The summed E-state index contributed by atoms with van der Waals surface area (Å²) in [6, 6.07) is 4.07. The summed E-state index contributed by atoms with van der Waals surface area (Å²) in [6.07, 6.45) is 7.36. The zero-order valence-corrected chi connectivity index (χ0v) is 14.2. The second kappa shape index (κ2) is 7.23. The van der Waals surface area contributed by atoms with Crippen LogP contribution in [0, 0.1) is 5.41 Å². The number of rotatable bonds is 7. The van der Waals surface area contributed by atoms with Crippen LogP contribution in [0.15, 0.2) is 24.5 Å². The summed E-state index contributed by atoms with van der Waals surface area (Å²) in [5.41, 5.74) is 0.986. The summed E-state index contributed by atoms with van der Waals surface area (Å²) in [5, 5.41) is 0. The van der Waals surface area contributed by atoms with Crippen molar-refractivity contribution in [3.63, 3.8) is 0 Å². The minimum Gasteiger partial charge on any atom is -0.378 e. The Morgan fingerprint density at radius 3 is 2.86 bits per heavy atom. The lowest BCUT2D eigenvalue weighted by molar-refractivity contribution is -0.164. The van der Waals surface area contributed by atoms with Crippen molar-refractivity contribution in [1.29, 1.82) is 0 Å². The molecule has 0 bridgehead atoms. The molecule has 0 aliphatic heterocycles. The number of unbranched alkanes of at least 4 members (excludes halogenated alkanes) is 1. The molecule has 0 unspecified atom stereocenters. The van der Waals surface area contributed by atoms with Crippen LogP contribution in [0.5, 0.6) is 0 Å². The van der Waals surface area contributed by atoms with Crippen molar-refractivity contribution in [3.05, 3.63) is 30.1 Å². The fraction of sp³-hybridized carbons (Fsp3) is 0.667. The highest BCUT2D eigenvalue weighted by molar-refractivity contribution is 5.79. The van der Waals surface area contributed by atoms with E-state index in [-0.39, 0.29) is 23.5 Å². The molecule has 4 nitrogen and oxygen atoms in total. The van der Waals surface area contributed by atoms with E-state index in [2.05, 4.69) is 25.8 Å². The maximum Gasteiger partial charge on any atom is 0.227 e. The van der Waals surface area contributed by atoms with Crippen LogP contribution >= 0.6 is 0 Å². The third-order valence-corrected chi connectivity index (χ3v) is 4.88. The molecule has 1 aromatic heterocycles. The van der Waals surface area contributed by atoms with Gasteiger partial charge in [-0.05, 0) is 24.5 Å². The third-order valence-electron chi connectivity index (χ3n) is 4.88. The molecular formula is C18H28N2O2. The van der Waals surface area contributed by atoms with E-state index in [4.69, 9.17) is 4.74 Å². The molecule has 1 fully saturated rings. The molecule has 1 heterocycles. The molecule has 22 heavy (non-hydrogen) atoms. The zero-order valence-electron chi connectivity index (χ0n) is 14.2. The van der Waals surface area contributed by atoms with E-state index in [0.29, 0.717) is 6.42 Å². The van der Waals surface area contributed by atoms with Crippen molar-refractivity contribution in [2.75, 3.05) is 13.7 Å². The fourth-order valence-electron chi connectivity index (χ4n) is 3.15. The summed E-state index contributed by atoms with van der Waals surface area (Å²) in [5.74, 6) is 0.151. The molecule has 1 aliphatic rings. The first kappa shape index (κ1) is 16.9. The van der Waals surface area contributed by atoms with Crippen LogP contribution in [-0.2, 0) is 16.0 Å². The predicted molar refractivity (Wildman–Crippen MR) is 87.5 cm³/mol. The van der Waals surface area contributed by atoms with Crippen molar-refractivity contribution in [2.24, 2.45) is 5.41 Å². The summed E-state index contributed by atoms with van der Waals surface area (Å²) in [4.78, 5) is 18.4. The second-order valence-electron chi connectivity index (χ2n) is 6.83. The zero-order chi connectivity index (χ0) is 16.2. The standard InChI is InChI=1S/C18H28N2O2/c1-5-6-10-22-16-12-15(18(16,2)3)20(4)17(21)11-14-8-7-9-19-13-14/h7-9,13,15-16H,5-6,10-12H2,1-4H3/t15-,16-/m0/s1. The molecule has 2 rings (SSSR count). The fourth-order valence-corrected chi connectivity index (χ4v) is 3.15. The highest BCUT2D eigenvalue weighted by atomic mass is 16.5. The van der Waals surface area contributed by atoms with Gasteiger partial charge in [0, 0.05) is 37.5 Å². The maximum absolute atomic E-state index is 12.5. The first-order valence-electron chi connectivity index (χ1n) is 8.23. The molecule has 1 saturated carbocycles. The Balaban J connectivity index is 1.88. The van der Waals surface area contributed by atoms with Gasteiger partial charge in [-0.15, -0.1) is 0 Å². The molecule has 0 N–H and O–H groups in total. The smallest absolute Gasteiger partial charge is 0.227 e. The van der Waals surface area contributed by atoms with Crippen LogP contribution < -0.4 is 0 Å². The van der Waals surface area contributed by atoms with Gasteiger partial charge in [0.25, 0.3) is 0 Å². The molecule has 0 saturated heterocycles. The first-order valence-corrected chi connectivity index (χ1v) is 8.23. The number of carbonyl (C=O) groups is 1. The number of ether oxygens (including phenoxy) is 1. The van der Waals surface area contributed by atoms with Gasteiger partial charge in [0.2, 0.25) is 5.91 Å². The Morgan fingerprint density at radius 2 is 2.27 bits per heavy atom. The van der Waals surface area contributed by atoms with E-state index < -0.39 is 0 Å². The number of aromatic nitrogens is 1. The normalized spacial score (nSPS) is 22.9. The first-order chi connectivity index (χ1) is 10.5. The van der Waals surface area contributed by atoms with Crippen molar-refractivity contribution < 1.29 is 9.53 Å². The van der Waals surface area contributed by atoms with E-state index >= 15 is 0 Å². The van der Waals surface area contributed by atoms with Crippen molar-refractivity contribution in [1.82, 2.24) is 9.88 Å². The van der Waals surface area contributed by atoms with Gasteiger partial charge in [-0.25, -0.2) is 0 Å². The van der Waals surface area contributed by atoms with Crippen LogP contribution in [-0.4, -0.2) is 41.6 Å². The van der Waals surface area contributed by atoms with Gasteiger partial charge < -0.3 is 9.64 Å². The van der Waals surface area contributed by atoms with E-state index in [0.717, 1.165) is 31.4 Å². The number of amides is 1. The van der Waals surface area contributed by atoms with Gasteiger partial charge >= 0.3 is 0 Å². The van der Waals surface area contributed by atoms with Crippen LogP contribution in [0.2, 0.25) is 0 Å². The molecule has 1 aromatic rings. The molecule has 0 aromatic carbocycles. The van der Waals surface area contributed by atoms with Gasteiger partial charge in [-0.3, -0.25) is 9.78 Å². The molecule has 0 radical (unpaired) electrons. The largest absolute Gasteiger partial charge is 0.378 e. The SMILES string of the molecule is CCCCO[C@H]1C[C@H](N(C)C(=O)Cc2cccnc2)C1(C)C. The number of hydrogen-bond donors (Lipinski definition) is 0. The molecular weight excluding hydrogens is 276 g/mol. The van der Waals surface area contributed by atoms with Gasteiger partial charge in [-0.1, -0.05) is 33.3 Å². The number of carbonyl (C=O) groups excluding carboxylic acids is 1. The summed E-state index contributed by atoms with van der Waals surface area (Å²) in [7, 11) is 1.91. The average Bonchev–Trinajstić information content (AvgIpc) is 2.50. The van der Waals surface area contributed by atoms with E-state index in [9.17, 15) is 4.79 Å². The van der Waals surface area contributed by atoms with E-state index in [1.54, 1.807) is 12.4 Å². The van der Waals surface area contributed by atoms with E-state index in [1.165, 1.54) is 0 Å². The Morgan fingerprint density at radius 1 is 1.50 bits per heavy atom. The Kier molecular flexibility index (Phi) is 5.57. The predicted octanol–water partition coefficient (Wildman–Crippen LogP) is 3.07. The average molecular weight is 304 g/mol. The Labute approximate surface area is 133 Å². The minimum atomic E-state index is 0.0209. The monoisotopic (exact) mass is 304 g/mol. The van der Waals surface area contributed by atoms with Gasteiger partial charge in [0.15, 0.2) is 0 Å². The minimum absolute atomic E-state index is 0.0209. The van der Waals surface area contributed by atoms with E-state index in [1.807, 2.05) is 24.1 Å². The van der Waals surface area contributed by atoms with Crippen molar-refractivity contribution in [3.8, 4) is 0 Å². The van der Waals surface area contributed by atoms with Gasteiger partial charge in [-0.2, -0.15) is 0 Å². The second-order valence-corrected chi connectivity index (χ2v) is 6.83. The molecule has 1 amide bonds. The molecule has 2 atom stereocenters. The molecule has 0 spiro atoms. The Bertz CT molecular complexity index is 487. The van der Waals surface area contributed by atoms with Gasteiger partial charge in [0.05, 0.1) is 12.5 Å². The topological polar surface area (TPSA) is 42.4 Å². The molecule has 122 valence electrons. The number of nitrogens with zero attached hydrogens (tertiary/aromatic N) is 2. The van der Waals surface area contributed by atoms with Crippen molar-refractivity contribution >= 4 is 5.91 Å². The van der Waals surface area contributed by atoms with Gasteiger partial charge in [0.1, 0.15) is 0 Å². The Hall–Kier alpha value is -1.42. The summed E-state index contributed by atoms with van der Waals surface area (Å²) >= 11 is 0. The highest BCUT2D eigenvalue weighted by Crippen LogP contribution is 2.45. The van der Waals surface area contributed by atoms with Crippen LogP contribution in [0.1, 0.15) is 45.6 Å². The third kappa shape index (κ3) is 3.67.